The molecule has 0 heterocycles. The maximum Gasteiger partial charge on any atom is 0.488 e. The quantitative estimate of drug-likeness (QED) is 0.196. The van der Waals surface area contributed by atoms with Crippen LogP contribution in [0.3, 0.4) is 0 Å². The van der Waals surface area contributed by atoms with Crippen molar-refractivity contribution in [1.29, 1.82) is 0 Å². The van der Waals surface area contributed by atoms with E-state index in [0.29, 0.717) is 37.5 Å². The maximum absolute atomic E-state index is 13.3. The molecular weight excluding hydrogens is 517 g/mol. The summed E-state index contributed by atoms with van der Waals surface area (Å²) in [6, 6.07) is 3.99. The van der Waals surface area contributed by atoms with Gasteiger partial charge in [-0.1, -0.05) is 19.4 Å². The van der Waals surface area contributed by atoms with Crippen molar-refractivity contribution in [1.82, 2.24) is 5.32 Å². The van der Waals surface area contributed by atoms with Crippen LogP contribution in [0.1, 0.15) is 49.0 Å². The zero-order chi connectivity index (χ0) is 28.1. The van der Waals surface area contributed by atoms with Gasteiger partial charge in [0, 0.05) is 18.0 Å². The highest BCUT2D eigenvalue weighted by Crippen LogP contribution is 2.31. The van der Waals surface area contributed by atoms with Gasteiger partial charge in [-0.25, -0.2) is 8.42 Å². The van der Waals surface area contributed by atoms with E-state index in [-0.39, 0.29) is 23.8 Å². The van der Waals surface area contributed by atoms with Crippen LogP contribution in [0.25, 0.3) is 0 Å². The average Bonchev–Trinajstić information content (AvgIpc) is 2.82. The van der Waals surface area contributed by atoms with Crippen molar-refractivity contribution in [3.8, 4) is 0 Å². The first-order chi connectivity index (χ1) is 17.0. The van der Waals surface area contributed by atoms with Gasteiger partial charge in [-0.2, -0.15) is 13.2 Å². The normalized spacial score (nSPS) is 12.7. The van der Waals surface area contributed by atoms with E-state index < -0.39 is 62.4 Å². The van der Waals surface area contributed by atoms with Crippen molar-refractivity contribution in [2.75, 3.05) is 6.54 Å². The molecule has 0 spiro atoms. The predicted molar refractivity (Wildman–Crippen MR) is 129 cm³/mol. The van der Waals surface area contributed by atoms with Crippen LogP contribution in [-0.2, 0) is 20.8 Å². The van der Waals surface area contributed by atoms with Crippen molar-refractivity contribution >= 4 is 46.7 Å². The fourth-order valence-electron chi connectivity index (χ4n) is 3.37. The smallest absolute Gasteiger partial charge is 0.423 e. The van der Waals surface area contributed by atoms with Crippen LogP contribution >= 0.6 is 0 Å². The van der Waals surface area contributed by atoms with E-state index in [4.69, 9.17) is 0 Å². The minimum Gasteiger partial charge on any atom is -0.423 e. The number of halogens is 3. The van der Waals surface area contributed by atoms with Crippen LogP contribution in [0.4, 0.5) is 13.2 Å². The fourth-order valence-corrected chi connectivity index (χ4v) is 4.79. The summed E-state index contributed by atoms with van der Waals surface area (Å²) < 4.78 is 66.3. The van der Waals surface area contributed by atoms with Crippen LogP contribution in [-0.4, -0.2) is 61.0 Å². The van der Waals surface area contributed by atoms with E-state index in [1.165, 1.54) is 6.92 Å². The lowest BCUT2D eigenvalue weighted by Crippen LogP contribution is -2.33. The van der Waals surface area contributed by atoms with Crippen molar-refractivity contribution in [3.63, 3.8) is 0 Å². The Kier molecular flexibility index (Phi) is 10.1. The highest BCUT2D eigenvalue weighted by atomic mass is 32.2. The van der Waals surface area contributed by atoms with Crippen molar-refractivity contribution in [2.24, 2.45) is 5.92 Å². The molecule has 0 saturated heterocycles. The third-order valence-electron chi connectivity index (χ3n) is 5.71. The molecule has 0 aliphatic carbocycles. The highest BCUT2D eigenvalue weighted by Gasteiger charge is 2.34. The zero-order valence-electron chi connectivity index (χ0n) is 20.0. The lowest BCUT2D eigenvalue weighted by molar-refractivity contribution is -0.137. The van der Waals surface area contributed by atoms with Crippen LogP contribution in [0.5, 0.6) is 0 Å². The number of sulfone groups is 1. The summed E-state index contributed by atoms with van der Waals surface area (Å²) in [6.45, 7) is 3.43. The molecule has 0 fully saturated rings. The molecular formula is C22H26B2F3NO8S. The van der Waals surface area contributed by atoms with E-state index in [1.807, 2.05) is 0 Å². The number of carbonyl (C=O) groups excluding carboxylic acids is 2. The molecule has 2 aromatic carbocycles. The standard InChI is InChI=1S/C22H26B2F3NO8S/c1-13(14(2)29)5-3-4-6-28-21(30)15-7-17(23(31)32)11-19(8-15)37(35,36)20-10-16(22(25,26)27)9-18(12-20)24(33)34/h7-13,31-34H,3-6H2,1-2H3,(H,28,30)/t13-/m0/s1. The van der Waals surface area contributed by atoms with E-state index in [2.05, 4.69) is 5.32 Å². The molecule has 0 radical (unpaired) electrons. The second-order valence-electron chi connectivity index (χ2n) is 8.59. The Hall–Kier alpha value is -2.71. The molecule has 0 aliphatic heterocycles. The van der Waals surface area contributed by atoms with Gasteiger partial charge >= 0.3 is 20.4 Å². The Bertz CT molecular complexity index is 1250. The van der Waals surface area contributed by atoms with Gasteiger partial charge in [-0.05, 0) is 61.0 Å². The topological polar surface area (TPSA) is 161 Å². The summed E-state index contributed by atoms with van der Waals surface area (Å²) >= 11 is 0. The number of alkyl halides is 3. The number of ketones is 1. The van der Waals surface area contributed by atoms with Crippen LogP contribution in [0, 0.1) is 5.92 Å². The van der Waals surface area contributed by atoms with Gasteiger partial charge in [-0.3, -0.25) is 9.59 Å². The van der Waals surface area contributed by atoms with Gasteiger partial charge in [0.1, 0.15) is 5.78 Å². The number of carbonyl (C=O) groups is 2. The minimum absolute atomic E-state index is 0.0403. The molecule has 2 aromatic rings. The molecule has 1 atom stereocenters. The van der Waals surface area contributed by atoms with E-state index in [1.54, 1.807) is 6.92 Å². The molecule has 200 valence electrons. The van der Waals surface area contributed by atoms with Gasteiger partial charge in [0.25, 0.3) is 5.91 Å². The number of nitrogens with one attached hydrogen (secondary N) is 1. The highest BCUT2D eigenvalue weighted by molar-refractivity contribution is 7.91. The average molecular weight is 543 g/mol. The van der Waals surface area contributed by atoms with E-state index in [9.17, 15) is 51.3 Å². The Morgan fingerprint density at radius 1 is 0.919 bits per heavy atom. The number of unbranched alkanes of at least 4 members (excludes halogenated alkanes) is 1. The van der Waals surface area contributed by atoms with Crippen LogP contribution < -0.4 is 16.2 Å². The Balaban J connectivity index is 2.40. The maximum atomic E-state index is 13.3. The first-order valence-electron chi connectivity index (χ1n) is 11.2. The summed E-state index contributed by atoms with van der Waals surface area (Å²) in [5.41, 5.74) is -2.89. The number of Topliss-reactive ketones (excluding diaryl/α,β-unsaturated/α-hetero) is 1. The molecule has 0 aromatic heterocycles. The molecule has 1 amide bonds. The molecule has 2 rings (SSSR count). The first kappa shape index (κ1) is 30.5. The summed E-state index contributed by atoms with van der Waals surface area (Å²) in [4.78, 5) is 22.3. The zero-order valence-corrected chi connectivity index (χ0v) is 20.8. The second kappa shape index (κ2) is 12.2. The molecule has 9 nitrogen and oxygen atoms in total. The SMILES string of the molecule is CC(=O)[C@@H](C)CCCCNC(=O)c1cc(B(O)O)cc(S(=O)(=O)c2cc(B(O)O)cc(C(F)(F)F)c2)c1. The van der Waals surface area contributed by atoms with E-state index in [0.717, 1.165) is 18.2 Å². The van der Waals surface area contributed by atoms with Gasteiger partial charge in [0.05, 0.1) is 15.4 Å². The number of benzene rings is 2. The molecule has 0 bridgehead atoms. The molecule has 15 heteroatoms. The Morgan fingerprint density at radius 3 is 1.97 bits per heavy atom. The molecule has 0 saturated carbocycles. The molecule has 5 N–H and O–H groups in total. The number of hydrogen-bond donors (Lipinski definition) is 5. The first-order valence-corrected chi connectivity index (χ1v) is 12.7. The monoisotopic (exact) mass is 543 g/mol. The Morgan fingerprint density at radius 2 is 1.46 bits per heavy atom. The van der Waals surface area contributed by atoms with Gasteiger partial charge in [0.15, 0.2) is 0 Å². The lowest BCUT2D eigenvalue weighted by atomic mass is 9.79. The van der Waals surface area contributed by atoms with Gasteiger partial charge in [0.2, 0.25) is 9.84 Å². The summed E-state index contributed by atoms with van der Waals surface area (Å²) in [5.74, 6) is -0.859. The third-order valence-corrected chi connectivity index (χ3v) is 7.42. The summed E-state index contributed by atoms with van der Waals surface area (Å²) in [5, 5.41) is 40.4. The van der Waals surface area contributed by atoms with Crippen LogP contribution in [0.15, 0.2) is 46.2 Å². The predicted octanol–water partition coefficient (Wildman–Crippen LogP) is 0.0230. The summed E-state index contributed by atoms with van der Waals surface area (Å²) in [7, 11) is -9.40. The molecule has 37 heavy (non-hydrogen) atoms. The fraction of sp³-hybridized carbons (Fsp3) is 0.364. The number of hydrogen-bond acceptors (Lipinski definition) is 8. The van der Waals surface area contributed by atoms with Gasteiger partial charge in [-0.15, -0.1) is 0 Å². The lowest BCUT2D eigenvalue weighted by Gasteiger charge is -2.14. The number of amides is 1. The molecule has 0 aliphatic rings. The van der Waals surface area contributed by atoms with Gasteiger partial charge < -0.3 is 25.4 Å². The third kappa shape index (κ3) is 8.14. The van der Waals surface area contributed by atoms with Crippen molar-refractivity contribution in [3.05, 3.63) is 47.5 Å². The van der Waals surface area contributed by atoms with E-state index >= 15 is 0 Å². The van der Waals surface area contributed by atoms with Crippen molar-refractivity contribution in [2.45, 2.75) is 49.1 Å². The number of rotatable bonds is 11. The molecule has 0 unspecified atom stereocenters. The van der Waals surface area contributed by atoms with Crippen molar-refractivity contribution < 1.29 is 51.3 Å². The second-order valence-corrected chi connectivity index (χ2v) is 10.5. The largest absolute Gasteiger partial charge is 0.488 e. The summed E-state index contributed by atoms with van der Waals surface area (Å²) in [6.07, 6.45) is -3.26. The minimum atomic E-state index is -5.01. The van der Waals surface area contributed by atoms with Crippen LogP contribution in [0.2, 0.25) is 0 Å². The Labute approximate surface area is 212 Å².